The maximum absolute atomic E-state index is 5.75. The van der Waals surface area contributed by atoms with Crippen molar-refractivity contribution in [3.63, 3.8) is 0 Å². The van der Waals surface area contributed by atoms with Gasteiger partial charge >= 0.3 is 0 Å². The van der Waals surface area contributed by atoms with Gasteiger partial charge in [0.2, 0.25) is 5.89 Å². The highest BCUT2D eigenvalue weighted by Crippen LogP contribution is 2.22. The third-order valence-corrected chi connectivity index (χ3v) is 3.52. The second-order valence-corrected chi connectivity index (χ2v) is 7.02. The number of hydrogen-bond donors (Lipinski definition) is 2. The van der Waals surface area contributed by atoms with Gasteiger partial charge in [-0.1, -0.05) is 39.8 Å². The molecule has 0 fully saturated rings. The van der Waals surface area contributed by atoms with Crippen molar-refractivity contribution in [2.45, 2.75) is 59.0 Å². The van der Waals surface area contributed by atoms with Crippen LogP contribution in [0.15, 0.2) is 26.2 Å². The molecule has 8 heteroatoms. The Kier molecular flexibility index (Phi) is 7.91. The molecule has 0 saturated carbocycles. The van der Waals surface area contributed by atoms with Gasteiger partial charge in [0.1, 0.15) is 5.76 Å². The quantitative estimate of drug-likeness (QED) is 0.402. The van der Waals surface area contributed by atoms with Crippen LogP contribution in [-0.4, -0.2) is 23.1 Å². The molecule has 0 radical (unpaired) electrons. The van der Waals surface area contributed by atoms with E-state index in [1.807, 2.05) is 6.07 Å². The second-order valence-electron chi connectivity index (χ2n) is 7.02. The Labute approximate surface area is 166 Å². The van der Waals surface area contributed by atoms with Crippen molar-refractivity contribution in [1.29, 1.82) is 0 Å². The lowest BCUT2D eigenvalue weighted by Crippen LogP contribution is -2.36. The Morgan fingerprint density at radius 1 is 1.24 bits per heavy atom. The van der Waals surface area contributed by atoms with E-state index in [0.717, 1.165) is 17.2 Å². The lowest BCUT2D eigenvalue weighted by Gasteiger charge is -2.13. The molecule has 0 aromatic carbocycles. The summed E-state index contributed by atoms with van der Waals surface area (Å²) in [5, 5.41) is 10.4. The van der Waals surface area contributed by atoms with E-state index in [-0.39, 0.29) is 29.4 Å². The SMILES string of the molecule is CN=C(NCc1cc(C(C)C)no1)NCc1ncc(C(C)(C)C)o1.I. The Morgan fingerprint density at radius 2 is 1.92 bits per heavy atom. The third kappa shape index (κ3) is 6.33. The lowest BCUT2D eigenvalue weighted by atomic mass is 9.94. The number of aromatic nitrogens is 2. The summed E-state index contributed by atoms with van der Waals surface area (Å²) in [5.74, 6) is 3.26. The van der Waals surface area contributed by atoms with Crippen LogP contribution in [0.5, 0.6) is 0 Å². The summed E-state index contributed by atoms with van der Waals surface area (Å²) in [7, 11) is 1.71. The van der Waals surface area contributed by atoms with Crippen LogP contribution in [0.3, 0.4) is 0 Å². The minimum Gasteiger partial charge on any atom is -0.443 e. The molecule has 2 aromatic rings. The van der Waals surface area contributed by atoms with Gasteiger partial charge in [-0.15, -0.1) is 24.0 Å². The van der Waals surface area contributed by atoms with Crippen molar-refractivity contribution >= 4 is 29.9 Å². The van der Waals surface area contributed by atoms with Gasteiger partial charge in [-0.3, -0.25) is 4.99 Å². The fourth-order valence-corrected chi connectivity index (χ4v) is 1.97. The topological polar surface area (TPSA) is 88.5 Å². The van der Waals surface area contributed by atoms with Gasteiger partial charge in [-0.25, -0.2) is 4.98 Å². The molecular formula is C17H28IN5O2. The van der Waals surface area contributed by atoms with Crippen LogP contribution in [0.1, 0.15) is 63.6 Å². The van der Waals surface area contributed by atoms with Crippen LogP contribution < -0.4 is 10.6 Å². The van der Waals surface area contributed by atoms with E-state index in [1.54, 1.807) is 13.2 Å². The molecule has 2 N–H and O–H groups in total. The number of nitrogens with zero attached hydrogens (tertiary/aromatic N) is 3. The zero-order valence-electron chi connectivity index (χ0n) is 15.7. The summed E-state index contributed by atoms with van der Waals surface area (Å²) in [6.07, 6.45) is 1.77. The number of aliphatic imine (C=N–C) groups is 1. The van der Waals surface area contributed by atoms with E-state index < -0.39 is 0 Å². The number of halogens is 1. The summed E-state index contributed by atoms with van der Waals surface area (Å²) in [4.78, 5) is 8.47. The van der Waals surface area contributed by atoms with Crippen LogP contribution in [-0.2, 0) is 18.5 Å². The molecule has 0 saturated heterocycles. The second kappa shape index (κ2) is 9.21. The largest absolute Gasteiger partial charge is 0.443 e. The van der Waals surface area contributed by atoms with E-state index in [1.165, 1.54) is 0 Å². The molecular weight excluding hydrogens is 433 g/mol. The highest BCUT2D eigenvalue weighted by molar-refractivity contribution is 14.0. The summed E-state index contributed by atoms with van der Waals surface area (Å²) >= 11 is 0. The minimum absolute atomic E-state index is 0. The van der Waals surface area contributed by atoms with Crippen molar-refractivity contribution in [1.82, 2.24) is 20.8 Å². The monoisotopic (exact) mass is 461 g/mol. The molecule has 0 aliphatic carbocycles. The summed E-state index contributed by atoms with van der Waals surface area (Å²) in [6.45, 7) is 11.4. The van der Waals surface area contributed by atoms with Gasteiger partial charge in [0, 0.05) is 18.5 Å². The standard InChI is InChI=1S/C17H27N5O2.HI/c1-11(2)13-7-12(24-22-13)8-20-16(18-6)21-10-15-19-9-14(23-15)17(3,4)5;/h7,9,11H,8,10H2,1-6H3,(H2,18,20,21);1H. The third-order valence-electron chi connectivity index (χ3n) is 3.52. The molecule has 0 spiro atoms. The van der Waals surface area contributed by atoms with Gasteiger partial charge in [0.25, 0.3) is 0 Å². The molecule has 2 rings (SSSR count). The maximum atomic E-state index is 5.75. The fourth-order valence-electron chi connectivity index (χ4n) is 1.97. The van der Waals surface area contributed by atoms with Crippen molar-refractivity contribution in [2.75, 3.05) is 7.05 Å². The molecule has 7 nitrogen and oxygen atoms in total. The highest BCUT2D eigenvalue weighted by atomic mass is 127. The van der Waals surface area contributed by atoms with E-state index in [0.29, 0.717) is 30.9 Å². The van der Waals surface area contributed by atoms with Gasteiger partial charge in [-0.2, -0.15) is 0 Å². The molecule has 0 unspecified atom stereocenters. The minimum atomic E-state index is -0.0500. The molecule has 0 aliphatic heterocycles. The molecule has 0 atom stereocenters. The highest BCUT2D eigenvalue weighted by Gasteiger charge is 2.19. The van der Waals surface area contributed by atoms with Gasteiger partial charge in [0.05, 0.1) is 25.0 Å². The van der Waals surface area contributed by atoms with E-state index in [9.17, 15) is 0 Å². The Bertz CT molecular complexity index is 685. The molecule has 140 valence electrons. The smallest absolute Gasteiger partial charge is 0.213 e. The molecule has 2 heterocycles. The van der Waals surface area contributed by atoms with Gasteiger partial charge in [0.15, 0.2) is 11.7 Å². The van der Waals surface area contributed by atoms with E-state index >= 15 is 0 Å². The summed E-state index contributed by atoms with van der Waals surface area (Å²) in [6, 6.07) is 1.95. The number of guanidine groups is 1. The summed E-state index contributed by atoms with van der Waals surface area (Å²) < 4.78 is 11.0. The van der Waals surface area contributed by atoms with Crippen molar-refractivity contribution in [3.05, 3.63) is 35.4 Å². The average molecular weight is 461 g/mol. The predicted molar refractivity (Wildman–Crippen MR) is 108 cm³/mol. The predicted octanol–water partition coefficient (Wildman–Crippen LogP) is 3.57. The Hall–Kier alpha value is -1.58. The summed E-state index contributed by atoms with van der Waals surface area (Å²) in [5.41, 5.74) is 0.898. The zero-order chi connectivity index (χ0) is 17.7. The Balaban J connectivity index is 0.00000312. The van der Waals surface area contributed by atoms with Crippen LogP contribution in [0.4, 0.5) is 0 Å². The van der Waals surface area contributed by atoms with E-state index in [4.69, 9.17) is 8.94 Å². The first-order valence-corrected chi connectivity index (χ1v) is 8.14. The average Bonchev–Trinajstić information content (AvgIpc) is 3.16. The first kappa shape index (κ1) is 21.5. The van der Waals surface area contributed by atoms with Crippen LogP contribution in [0, 0.1) is 0 Å². The van der Waals surface area contributed by atoms with Gasteiger partial charge in [-0.05, 0) is 5.92 Å². The maximum Gasteiger partial charge on any atom is 0.213 e. The van der Waals surface area contributed by atoms with Crippen LogP contribution in [0.2, 0.25) is 0 Å². The first-order chi connectivity index (χ1) is 11.3. The first-order valence-electron chi connectivity index (χ1n) is 8.14. The number of nitrogens with one attached hydrogen (secondary N) is 2. The molecule has 0 amide bonds. The Morgan fingerprint density at radius 3 is 2.44 bits per heavy atom. The van der Waals surface area contributed by atoms with Crippen LogP contribution in [0.25, 0.3) is 0 Å². The normalized spacial score (nSPS) is 12.2. The molecule has 0 bridgehead atoms. The number of oxazole rings is 1. The lowest BCUT2D eigenvalue weighted by molar-refractivity contribution is 0.370. The van der Waals surface area contributed by atoms with Crippen LogP contribution >= 0.6 is 24.0 Å². The number of hydrogen-bond acceptors (Lipinski definition) is 5. The van der Waals surface area contributed by atoms with Crippen molar-refractivity contribution in [2.24, 2.45) is 4.99 Å². The number of rotatable bonds is 5. The zero-order valence-corrected chi connectivity index (χ0v) is 18.0. The van der Waals surface area contributed by atoms with Gasteiger partial charge < -0.3 is 19.6 Å². The fraction of sp³-hybridized carbons (Fsp3) is 0.588. The molecule has 0 aliphatic rings. The molecule has 25 heavy (non-hydrogen) atoms. The molecule has 2 aromatic heterocycles. The van der Waals surface area contributed by atoms with Crippen molar-refractivity contribution in [3.8, 4) is 0 Å². The van der Waals surface area contributed by atoms with Crippen molar-refractivity contribution < 1.29 is 8.94 Å². The van der Waals surface area contributed by atoms with E-state index in [2.05, 4.69) is 60.4 Å².